The van der Waals surface area contributed by atoms with Gasteiger partial charge in [-0.15, -0.1) is 0 Å². The van der Waals surface area contributed by atoms with E-state index in [9.17, 15) is 18.0 Å². The number of carbonyl (C=O) groups excluding carboxylic acids is 1. The number of methoxy groups -OCH3 is 1. The Hall–Kier alpha value is -3.54. The second-order valence-corrected chi connectivity index (χ2v) is 7.35. The van der Waals surface area contributed by atoms with E-state index in [2.05, 4.69) is 20.3 Å². The number of hydrogen-bond donors (Lipinski definition) is 2. The summed E-state index contributed by atoms with van der Waals surface area (Å²) in [5.74, 6) is 0.0961. The van der Waals surface area contributed by atoms with Crippen molar-refractivity contribution >= 4 is 32.8 Å². The first-order chi connectivity index (χ1) is 13.2. The third-order valence-electron chi connectivity index (χ3n) is 3.73. The van der Waals surface area contributed by atoms with Crippen molar-refractivity contribution in [1.29, 1.82) is 0 Å². The standard InChI is InChI=1S/C16H16N6O5S/c1-9-17-14(20-16(18-9)27-3)19-15(24)21-28(25,26)12-6-4-5-11-10(12)7-8-22(2)13(11)23/h4-8H,1-3H3,(H2,17,18,19,20,21,24). The highest BCUT2D eigenvalue weighted by Gasteiger charge is 2.22. The Kier molecular flexibility index (Phi) is 4.96. The number of aromatic nitrogens is 4. The zero-order valence-electron chi connectivity index (χ0n) is 15.1. The molecule has 146 valence electrons. The number of ether oxygens (including phenoxy) is 1. The molecule has 2 N–H and O–H groups in total. The van der Waals surface area contributed by atoms with Crippen molar-refractivity contribution in [3.63, 3.8) is 0 Å². The van der Waals surface area contributed by atoms with Crippen LogP contribution >= 0.6 is 0 Å². The Balaban J connectivity index is 1.91. The molecule has 0 unspecified atom stereocenters. The van der Waals surface area contributed by atoms with Gasteiger partial charge in [0.1, 0.15) is 5.82 Å². The third-order valence-corrected chi connectivity index (χ3v) is 5.12. The van der Waals surface area contributed by atoms with E-state index >= 15 is 0 Å². The molecule has 12 heteroatoms. The van der Waals surface area contributed by atoms with E-state index in [0.29, 0.717) is 0 Å². The predicted octanol–water partition coefficient (Wildman–Crippen LogP) is 0.551. The molecule has 1 aromatic carbocycles. The average molecular weight is 404 g/mol. The maximum absolute atomic E-state index is 12.7. The fourth-order valence-corrected chi connectivity index (χ4v) is 3.62. The Labute approximate surface area is 159 Å². The van der Waals surface area contributed by atoms with Crippen LogP contribution in [0.25, 0.3) is 10.8 Å². The van der Waals surface area contributed by atoms with Gasteiger partial charge in [0.15, 0.2) is 0 Å². The largest absolute Gasteiger partial charge is 0.467 e. The van der Waals surface area contributed by atoms with Gasteiger partial charge in [-0.1, -0.05) is 6.07 Å². The van der Waals surface area contributed by atoms with E-state index in [1.54, 1.807) is 14.0 Å². The quantitative estimate of drug-likeness (QED) is 0.641. The van der Waals surface area contributed by atoms with Gasteiger partial charge in [0.05, 0.1) is 12.0 Å². The number of sulfonamides is 1. The molecule has 28 heavy (non-hydrogen) atoms. The predicted molar refractivity (Wildman–Crippen MR) is 99.6 cm³/mol. The molecule has 0 atom stereocenters. The highest BCUT2D eigenvalue weighted by atomic mass is 32.2. The summed E-state index contributed by atoms with van der Waals surface area (Å²) in [5.41, 5.74) is -0.355. The van der Waals surface area contributed by atoms with Crippen molar-refractivity contribution in [3.8, 4) is 6.01 Å². The van der Waals surface area contributed by atoms with E-state index < -0.39 is 16.1 Å². The number of anilines is 1. The molecule has 0 spiro atoms. The Morgan fingerprint density at radius 3 is 2.61 bits per heavy atom. The number of amides is 2. The van der Waals surface area contributed by atoms with E-state index in [4.69, 9.17) is 4.74 Å². The van der Waals surface area contributed by atoms with Crippen LogP contribution in [0.1, 0.15) is 5.82 Å². The lowest BCUT2D eigenvalue weighted by atomic mass is 10.2. The first kappa shape index (κ1) is 19.2. The van der Waals surface area contributed by atoms with Gasteiger partial charge in [-0.05, 0) is 25.1 Å². The molecular weight excluding hydrogens is 388 g/mol. The summed E-state index contributed by atoms with van der Waals surface area (Å²) in [5, 5.41) is 2.63. The number of benzene rings is 1. The molecule has 0 bridgehead atoms. The molecule has 0 saturated carbocycles. The molecule has 11 nitrogen and oxygen atoms in total. The minimum Gasteiger partial charge on any atom is -0.467 e. The zero-order valence-corrected chi connectivity index (χ0v) is 15.9. The molecule has 0 fully saturated rings. The molecule has 0 saturated heterocycles. The molecule has 0 radical (unpaired) electrons. The van der Waals surface area contributed by atoms with Crippen LogP contribution in [0.3, 0.4) is 0 Å². The zero-order chi connectivity index (χ0) is 20.5. The van der Waals surface area contributed by atoms with Gasteiger partial charge in [-0.2, -0.15) is 15.0 Å². The van der Waals surface area contributed by atoms with Gasteiger partial charge in [0.2, 0.25) is 5.95 Å². The van der Waals surface area contributed by atoms with Crippen molar-refractivity contribution in [1.82, 2.24) is 24.2 Å². The van der Waals surface area contributed by atoms with Crippen LogP contribution in [0.15, 0.2) is 40.2 Å². The average Bonchev–Trinajstić information content (AvgIpc) is 2.63. The lowest BCUT2D eigenvalue weighted by Crippen LogP contribution is -2.35. The summed E-state index contributed by atoms with van der Waals surface area (Å²) in [6.45, 7) is 1.56. The van der Waals surface area contributed by atoms with Gasteiger partial charge in [-0.3, -0.25) is 10.1 Å². The maximum atomic E-state index is 12.7. The number of aryl methyl sites for hydroxylation is 2. The molecule has 2 aromatic heterocycles. The molecule has 0 aliphatic rings. The fourth-order valence-electron chi connectivity index (χ4n) is 2.49. The first-order valence-corrected chi connectivity index (χ1v) is 9.38. The summed E-state index contributed by atoms with van der Waals surface area (Å²) in [6, 6.07) is 4.62. The number of hydrogen-bond acceptors (Lipinski definition) is 8. The second kappa shape index (κ2) is 7.23. The van der Waals surface area contributed by atoms with Crippen molar-refractivity contribution in [3.05, 3.63) is 46.6 Å². The molecule has 3 aromatic rings. The lowest BCUT2D eigenvalue weighted by molar-refractivity contribution is 0.256. The number of nitrogens with one attached hydrogen (secondary N) is 2. The number of nitrogens with zero attached hydrogens (tertiary/aromatic N) is 4. The molecule has 3 rings (SSSR count). The summed E-state index contributed by atoms with van der Waals surface area (Å²) in [6.07, 6.45) is 1.45. The van der Waals surface area contributed by atoms with E-state index in [0.717, 1.165) is 0 Å². The van der Waals surface area contributed by atoms with Crippen molar-refractivity contribution in [2.75, 3.05) is 12.4 Å². The SMILES string of the molecule is COc1nc(C)nc(NC(=O)NS(=O)(=O)c2cccc3c(=O)n(C)ccc23)n1. The Morgan fingerprint density at radius 2 is 1.89 bits per heavy atom. The van der Waals surface area contributed by atoms with E-state index in [1.165, 1.54) is 42.1 Å². The fraction of sp³-hybridized carbons (Fsp3) is 0.188. The lowest BCUT2D eigenvalue weighted by Gasteiger charge is -2.11. The van der Waals surface area contributed by atoms with Crippen LogP contribution in [-0.4, -0.2) is 41.1 Å². The summed E-state index contributed by atoms with van der Waals surface area (Å²) < 4.78 is 33.4. The van der Waals surface area contributed by atoms with Crippen molar-refractivity contribution in [2.45, 2.75) is 11.8 Å². The number of carbonyl (C=O) groups is 1. The minimum absolute atomic E-state index is 0.0319. The van der Waals surface area contributed by atoms with Gasteiger partial charge in [0.25, 0.3) is 15.6 Å². The van der Waals surface area contributed by atoms with Gasteiger partial charge in [0, 0.05) is 24.0 Å². The summed E-state index contributed by atoms with van der Waals surface area (Å²) in [4.78, 5) is 35.7. The normalized spacial score (nSPS) is 11.2. The molecule has 0 aliphatic heterocycles. The van der Waals surface area contributed by atoms with Crippen molar-refractivity contribution < 1.29 is 17.9 Å². The van der Waals surface area contributed by atoms with Crippen LogP contribution in [-0.2, 0) is 17.1 Å². The number of pyridine rings is 1. The van der Waals surface area contributed by atoms with Crippen LogP contribution < -0.4 is 20.3 Å². The molecule has 0 aliphatic carbocycles. The number of rotatable bonds is 4. The minimum atomic E-state index is -4.27. The molecule has 2 amide bonds. The monoisotopic (exact) mass is 404 g/mol. The Bertz CT molecular complexity index is 1240. The van der Waals surface area contributed by atoms with Gasteiger partial charge >= 0.3 is 12.0 Å². The van der Waals surface area contributed by atoms with Crippen LogP contribution in [0.2, 0.25) is 0 Å². The third kappa shape index (κ3) is 3.76. The van der Waals surface area contributed by atoms with Gasteiger partial charge < -0.3 is 9.30 Å². The van der Waals surface area contributed by atoms with E-state index in [1.807, 2.05) is 4.72 Å². The summed E-state index contributed by atoms with van der Waals surface area (Å²) in [7, 11) is -1.38. The summed E-state index contributed by atoms with van der Waals surface area (Å²) >= 11 is 0. The topological polar surface area (TPSA) is 145 Å². The van der Waals surface area contributed by atoms with Crippen molar-refractivity contribution in [2.24, 2.45) is 7.05 Å². The van der Waals surface area contributed by atoms with Crippen LogP contribution in [0.4, 0.5) is 10.7 Å². The van der Waals surface area contributed by atoms with Gasteiger partial charge in [-0.25, -0.2) is 17.9 Å². The smallest absolute Gasteiger partial charge is 0.335 e. The van der Waals surface area contributed by atoms with E-state index in [-0.39, 0.29) is 39.0 Å². The van der Waals surface area contributed by atoms with Crippen LogP contribution in [0, 0.1) is 6.92 Å². The van der Waals surface area contributed by atoms with Crippen LogP contribution in [0.5, 0.6) is 6.01 Å². The second-order valence-electron chi connectivity index (χ2n) is 5.70. The first-order valence-electron chi connectivity index (χ1n) is 7.90. The molecule has 2 heterocycles. The highest BCUT2D eigenvalue weighted by molar-refractivity contribution is 7.90. The number of fused-ring (bicyclic) bond motifs is 1. The Morgan fingerprint density at radius 1 is 1.14 bits per heavy atom. The molecular formula is C16H16N6O5S. The number of urea groups is 1. The highest BCUT2D eigenvalue weighted by Crippen LogP contribution is 2.20. The maximum Gasteiger partial charge on any atom is 0.335 e.